The molecule has 1 rings (SSSR count). The molecule has 0 aromatic carbocycles. The van der Waals surface area contributed by atoms with Crippen LogP contribution in [0.4, 0.5) is 0 Å². The predicted molar refractivity (Wildman–Crippen MR) is 59.5 cm³/mol. The Morgan fingerprint density at radius 2 is 1.93 bits per heavy atom. The molecule has 3 nitrogen and oxygen atoms in total. The molecule has 1 aromatic heterocycles. The van der Waals surface area contributed by atoms with E-state index in [1.54, 1.807) is 6.20 Å². The third-order valence-corrected chi connectivity index (χ3v) is 2.15. The fourth-order valence-corrected chi connectivity index (χ4v) is 1.33. The second-order valence-electron chi connectivity index (χ2n) is 5.01. The van der Waals surface area contributed by atoms with E-state index in [-0.39, 0.29) is 5.41 Å². The first kappa shape index (κ1) is 11.6. The highest BCUT2D eigenvalue weighted by Crippen LogP contribution is 2.24. The molecule has 0 N–H and O–H groups in total. The molecule has 1 aromatic rings. The third kappa shape index (κ3) is 2.53. The molecule has 0 aliphatic carbocycles. The van der Waals surface area contributed by atoms with Crippen LogP contribution in [-0.2, 0) is 5.41 Å². The van der Waals surface area contributed by atoms with Crippen LogP contribution in [0.2, 0.25) is 0 Å². The maximum absolute atomic E-state index is 8.98. The molecular formula is C12H17N3. The lowest BCUT2D eigenvalue weighted by atomic mass is 9.89. The van der Waals surface area contributed by atoms with Crippen LogP contribution < -0.4 is 0 Å². The molecule has 0 amide bonds. The van der Waals surface area contributed by atoms with E-state index in [2.05, 4.69) is 36.8 Å². The van der Waals surface area contributed by atoms with Gasteiger partial charge in [0.05, 0.1) is 11.3 Å². The van der Waals surface area contributed by atoms with Gasteiger partial charge in [-0.1, -0.05) is 34.6 Å². The van der Waals surface area contributed by atoms with Crippen molar-refractivity contribution >= 4 is 0 Å². The molecule has 0 spiro atoms. The Balaban J connectivity index is 3.34. The summed E-state index contributed by atoms with van der Waals surface area (Å²) in [5, 5.41) is 8.98. The van der Waals surface area contributed by atoms with E-state index in [0.717, 1.165) is 11.5 Å². The molecule has 1 heterocycles. The Morgan fingerprint density at radius 1 is 1.33 bits per heavy atom. The molecule has 0 aliphatic heterocycles. The summed E-state index contributed by atoms with van der Waals surface area (Å²) in [5.74, 6) is 1.10. The van der Waals surface area contributed by atoms with Crippen molar-refractivity contribution in [1.29, 1.82) is 5.26 Å². The number of aromatic nitrogens is 2. The van der Waals surface area contributed by atoms with Crippen LogP contribution >= 0.6 is 0 Å². The van der Waals surface area contributed by atoms with Gasteiger partial charge in [-0.05, 0) is 0 Å². The van der Waals surface area contributed by atoms with Crippen LogP contribution in [0.3, 0.4) is 0 Å². The van der Waals surface area contributed by atoms with E-state index >= 15 is 0 Å². The molecule has 0 saturated heterocycles. The summed E-state index contributed by atoms with van der Waals surface area (Å²) in [4.78, 5) is 8.67. The average Bonchev–Trinajstić information content (AvgIpc) is 2.15. The smallest absolute Gasteiger partial charge is 0.131 e. The van der Waals surface area contributed by atoms with Crippen LogP contribution in [0.5, 0.6) is 0 Å². The van der Waals surface area contributed by atoms with Crippen molar-refractivity contribution in [3.63, 3.8) is 0 Å². The zero-order valence-corrected chi connectivity index (χ0v) is 10.00. The monoisotopic (exact) mass is 203 g/mol. The van der Waals surface area contributed by atoms with Gasteiger partial charge in [-0.3, -0.25) is 0 Å². The summed E-state index contributed by atoms with van der Waals surface area (Å²) in [5.41, 5.74) is 1.30. The van der Waals surface area contributed by atoms with Gasteiger partial charge < -0.3 is 0 Å². The zero-order valence-electron chi connectivity index (χ0n) is 10.00. The lowest BCUT2D eigenvalue weighted by molar-refractivity contribution is 0.556. The van der Waals surface area contributed by atoms with Crippen molar-refractivity contribution < 1.29 is 0 Å². The number of hydrogen-bond donors (Lipinski definition) is 0. The van der Waals surface area contributed by atoms with Gasteiger partial charge in [0, 0.05) is 17.5 Å². The Kier molecular flexibility index (Phi) is 3.09. The van der Waals surface area contributed by atoms with Gasteiger partial charge in [0.25, 0.3) is 0 Å². The van der Waals surface area contributed by atoms with Crippen LogP contribution in [0.15, 0.2) is 6.20 Å². The van der Waals surface area contributed by atoms with E-state index < -0.39 is 0 Å². The third-order valence-electron chi connectivity index (χ3n) is 2.15. The first-order valence-corrected chi connectivity index (χ1v) is 5.13. The Labute approximate surface area is 91.2 Å². The Bertz CT molecular complexity index is 394. The standard InChI is InChI=1S/C12H17N3/c1-8(2)11-14-7-9(6-13)10(15-11)12(3,4)5/h7-8H,1-5H3. The van der Waals surface area contributed by atoms with E-state index in [1.807, 2.05) is 13.8 Å². The number of hydrogen-bond acceptors (Lipinski definition) is 3. The fraction of sp³-hybridized carbons (Fsp3) is 0.583. The molecule has 15 heavy (non-hydrogen) atoms. The van der Waals surface area contributed by atoms with E-state index in [4.69, 9.17) is 5.26 Å². The summed E-state index contributed by atoms with van der Waals surface area (Å²) < 4.78 is 0. The lowest BCUT2D eigenvalue weighted by Gasteiger charge is -2.20. The quantitative estimate of drug-likeness (QED) is 0.705. The van der Waals surface area contributed by atoms with Gasteiger partial charge >= 0.3 is 0 Å². The van der Waals surface area contributed by atoms with Crippen LogP contribution in [-0.4, -0.2) is 9.97 Å². The maximum atomic E-state index is 8.98. The topological polar surface area (TPSA) is 49.6 Å². The van der Waals surface area contributed by atoms with Crippen molar-refractivity contribution in [3.05, 3.63) is 23.3 Å². The second kappa shape index (κ2) is 3.98. The molecular weight excluding hydrogens is 186 g/mol. The summed E-state index contributed by atoms with van der Waals surface area (Å²) in [6.45, 7) is 10.3. The Morgan fingerprint density at radius 3 is 2.33 bits per heavy atom. The van der Waals surface area contributed by atoms with Crippen molar-refractivity contribution in [2.24, 2.45) is 0 Å². The minimum atomic E-state index is -0.113. The SMILES string of the molecule is CC(C)c1ncc(C#N)c(C(C)(C)C)n1. The molecule has 3 heteroatoms. The molecule has 0 saturated carbocycles. The highest BCUT2D eigenvalue weighted by atomic mass is 14.9. The van der Waals surface area contributed by atoms with Crippen LogP contribution in [0.1, 0.15) is 57.6 Å². The lowest BCUT2D eigenvalue weighted by Crippen LogP contribution is -2.18. The first-order chi connectivity index (χ1) is 6.86. The van der Waals surface area contributed by atoms with Crippen molar-refractivity contribution in [3.8, 4) is 6.07 Å². The van der Waals surface area contributed by atoms with Gasteiger partial charge in [-0.25, -0.2) is 9.97 Å². The second-order valence-corrected chi connectivity index (χ2v) is 5.01. The molecule has 0 atom stereocenters. The van der Waals surface area contributed by atoms with E-state index in [1.165, 1.54) is 0 Å². The molecule has 80 valence electrons. The van der Waals surface area contributed by atoms with Gasteiger partial charge in [-0.15, -0.1) is 0 Å². The van der Waals surface area contributed by atoms with Gasteiger partial charge in [0.2, 0.25) is 0 Å². The van der Waals surface area contributed by atoms with Gasteiger partial charge in [-0.2, -0.15) is 5.26 Å². The van der Waals surface area contributed by atoms with Crippen LogP contribution in [0, 0.1) is 11.3 Å². The summed E-state index contributed by atoms with van der Waals surface area (Å²) in [6.07, 6.45) is 1.63. The van der Waals surface area contributed by atoms with Crippen molar-refractivity contribution in [2.45, 2.75) is 46.0 Å². The number of rotatable bonds is 1. The van der Waals surface area contributed by atoms with Crippen LogP contribution in [0.25, 0.3) is 0 Å². The molecule has 0 radical (unpaired) electrons. The summed E-state index contributed by atoms with van der Waals surface area (Å²) >= 11 is 0. The van der Waals surface area contributed by atoms with E-state index in [0.29, 0.717) is 11.5 Å². The molecule has 0 aliphatic rings. The maximum Gasteiger partial charge on any atom is 0.131 e. The molecule has 0 fully saturated rings. The summed E-state index contributed by atoms with van der Waals surface area (Å²) in [7, 11) is 0. The van der Waals surface area contributed by atoms with Crippen molar-refractivity contribution in [2.75, 3.05) is 0 Å². The highest BCUT2D eigenvalue weighted by Gasteiger charge is 2.21. The fourth-order valence-electron chi connectivity index (χ4n) is 1.33. The first-order valence-electron chi connectivity index (χ1n) is 5.13. The number of nitrogens with zero attached hydrogens (tertiary/aromatic N) is 3. The van der Waals surface area contributed by atoms with Crippen molar-refractivity contribution in [1.82, 2.24) is 9.97 Å². The molecule has 0 bridgehead atoms. The van der Waals surface area contributed by atoms with E-state index in [9.17, 15) is 0 Å². The van der Waals surface area contributed by atoms with Gasteiger partial charge in [0.1, 0.15) is 11.9 Å². The Hall–Kier alpha value is -1.43. The minimum Gasteiger partial charge on any atom is -0.240 e. The van der Waals surface area contributed by atoms with Gasteiger partial charge in [0.15, 0.2) is 0 Å². The highest BCUT2D eigenvalue weighted by molar-refractivity contribution is 5.35. The number of nitriles is 1. The normalized spacial score (nSPS) is 11.5. The minimum absolute atomic E-state index is 0.113. The average molecular weight is 203 g/mol. The predicted octanol–water partition coefficient (Wildman–Crippen LogP) is 2.77. The molecule has 0 unspecified atom stereocenters. The largest absolute Gasteiger partial charge is 0.240 e. The summed E-state index contributed by atoms with van der Waals surface area (Å²) in [6, 6.07) is 2.14. The zero-order chi connectivity index (χ0) is 11.6.